The highest BCUT2D eigenvalue weighted by Crippen LogP contribution is 2.28. The number of amides is 1. The standard InChI is InChI=1S/C15H19N3O6S/c1-4-9-7-18(13-11(20)10(19)8(2)24-13)14(21)16-12(9)17-15(22)23-5-6-25-3/h1,7-8,10-11,13,19-20H,5-6H2,2-3H3,(H,16,17,21,22)/t8-,10-,11-,13-/m1/s1. The van der Waals surface area contributed by atoms with E-state index in [1.165, 1.54) is 18.0 Å². The molecule has 9 nitrogen and oxygen atoms in total. The minimum atomic E-state index is -1.31. The van der Waals surface area contributed by atoms with Gasteiger partial charge in [-0.25, -0.2) is 9.59 Å². The van der Waals surface area contributed by atoms with E-state index >= 15 is 0 Å². The average molecular weight is 369 g/mol. The molecule has 2 heterocycles. The first-order valence-electron chi connectivity index (χ1n) is 7.43. The number of terminal acetylenes is 1. The van der Waals surface area contributed by atoms with E-state index in [2.05, 4.69) is 16.2 Å². The number of hydrogen-bond acceptors (Lipinski definition) is 8. The van der Waals surface area contributed by atoms with E-state index in [1.807, 2.05) is 6.26 Å². The topological polar surface area (TPSA) is 123 Å². The number of aliphatic hydroxyl groups is 2. The smallest absolute Gasteiger partial charge is 0.412 e. The molecule has 1 fully saturated rings. The normalized spacial score (nSPS) is 25.4. The van der Waals surface area contributed by atoms with Gasteiger partial charge in [-0.3, -0.25) is 9.88 Å². The van der Waals surface area contributed by atoms with Crippen LogP contribution in [0.5, 0.6) is 0 Å². The van der Waals surface area contributed by atoms with E-state index in [0.29, 0.717) is 5.75 Å². The van der Waals surface area contributed by atoms with Gasteiger partial charge in [0.25, 0.3) is 0 Å². The Labute approximate surface area is 148 Å². The molecule has 0 radical (unpaired) electrons. The summed E-state index contributed by atoms with van der Waals surface area (Å²) >= 11 is 1.51. The van der Waals surface area contributed by atoms with Crippen molar-refractivity contribution in [3.05, 3.63) is 22.2 Å². The maximum atomic E-state index is 12.2. The molecule has 0 aromatic carbocycles. The maximum Gasteiger partial charge on any atom is 0.412 e. The molecule has 0 saturated carbocycles. The molecule has 1 aliphatic heterocycles. The number of aromatic nitrogens is 2. The van der Waals surface area contributed by atoms with Gasteiger partial charge in [0.05, 0.1) is 11.7 Å². The molecule has 1 aliphatic rings. The fraction of sp³-hybridized carbons (Fsp3) is 0.533. The minimum absolute atomic E-state index is 0.103. The molecule has 0 spiro atoms. The van der Waals surface area contributed by atoms with Crippen molar-refractivity contribution in [3.63, 3.8) is 0 Å². The predicted octanol–water partition coefficient (Wildman–Crippen LogP) is -0.225. The van der Waals surface area contributed by atoms with E-state index in [0.717, 1.165) is 4.57 Å². The van der Waals surface area contributed by atoms with Crippen LogP contribution in [-0.4, -0.2) is 62.8 Å². The second-order valence-electron chi connectivity index (χ2n) is 5.30. The van der Waals surface area contributed by atoms with E-state index in [1.54, 1.807) is 6.92 Å². The molecule has 1 aromatic rings. The van der Waals surface area contributed by atoms with Gasteiger partial charge < -0.3 is 19.7 Å². The van der Waals surface area contributed by atoms with Gasteiger partial charge in [0.2, 0.25) is 0 Å². The van der Waals surface area contributed by atoms with Crippen molar-refractivity contribution in [2.24, 2.45) is 0 Å². The fourth-order valence-electron chi connectivity index (χ4n) is 2.26. The number of nitrogens with zero attached hydrogens (tertiary/aromatic N) is 2. The number of carbonyl (C=O) groups is 1. The van der Waals surface area contributed by atoms with Crippen molar-refractivity contribution in [2.45, 2.75) is 31.5 Å². The van der Waals surface area contributed by atoms with Gasteiger partial charge in [0, 0.05) is 11.9 Å². The van der Waals surface area contributed by atoms with Crippen LogP contribution in [0.1, 0.15) is 18.7 Å². The molecule has 10 heteroatoms. The molecule has 1 saturated heterocycles. The molecule has 0 aliphatic carbocycles. The van der Waals surface area contributed by atoms with Gasteiger partial charge in [-0.15, -0.1) is 6.42 Å². The number of rotatable bonds is 5. The second kappa shape index (κ2) is 8.35. The third-order valence-electron chi connectivity index (χ3n) is 3.60. The van der Waals surface area contributed by atoms with Crippen LogP contribution in [0.15, 0.2) is 11.0 Å². The zero-order chi connectivity index (χ0) is 18.6. The van der Waals surface area contributed by atoms with Gasteiger partial charge in [0.1, 0.15) is 18.8 Å². The van der Waals surface area contributed by atoms with E-state index in [4.69, 9.17) is 15.9 Å². The fourth-order valence-corrected chi connectivity index (χ4v) is 2.51. The Hall–Kier alpha value is -2.06. The number of nitrogens with one attached hydrogen (secondary N) is 1. The van der Waals surface area contributed by atoms with Gasteiger partial charge in [-0.1, -0.05) is 5.92 Å². The zero-order valence-electron chi connectivity index (χ0n) is 13.7. The van der Waals surface area contributed by atoms with Gasteiger partial charge in [-0.05, 0) is 13.2 Å². The van der Waals surface area contributed by atoms with E-state index < -0.39 is 36.3 Å². The molecular formula is C15H19N3O6S. The molecule has 136 valence electrons. The lowest BCUT2D eigenvalue weighted by Crippen LogP contribution is -2.36. The van der Waals surface area contributed by atoms with Crippen molar-refractivity contribution in [1.82, 2.24) is 9.55 Å². The van der Waals surface area contributed by atoms with Crippen molar-refractivity contribution in [2.75, 3.05) is 23.9 Å². The Bertz CT molecular complexity index is 731. The van der Waals surface area contributed by atoms with E-state index in [-0.39, 0.29) is 18.0 Å². The molecule has 25 heavy (non-hydrogen) atoms. The highest BCUT2D eigenvalue weighted by molar-refractivity contribution is 7.98. The largest absolute Gasteiger partial charge is 0.448 e. The second-order valence-corrected chi connectivity index (χ2v) is 6.29. The van der Waals surface area contributed by atoms with Crippen LogP contribution in [0.4, 0.5) is 10.6 Å². The Balaban J connectivity index is 2.23. The lowest BCUT2D eigenvalue weighted by Gasteiger charge is -2.18. The lowest BCUT2D eigenvalue weighted by atomic mass is 10.1. The third-order valence-corrected chi connectivity index (χ3v) is 4.17. The number of hydrogen-bond donors (Lipinski definition) is 3. The number of aliphatic hydroxyl groups excluding tert-OH is 2. The summed E-state index contributed by atoms with van der Waals surface area (Å²) in [5.41, 5.74) is -0.699. The Morgan fingerprint density at radius 1 is 1.56 bits per heavy atom. The third kappa shape index (κ3) is 4.32. The maximum absolute atomic E-state index is 12.2. The molecule has 3 N–H and O–H groups in total. The monoisotopic (exact) mass is 369 g/mol. The van der Waals surface area contributed by atoms with Crippen LogP contribution in [0.3, 0.4) is 0 Å². The summed E-state index contributed by atoms with van der Waals surface area (Å²) in [7, 11) is 0. The van der Waals surface area contributed by atoms with Gasteiger partial charge in [-0.2, -0.15) is 16.7 Å². The molecule has 2 rings (SSSR count). The highest BCUT2D eigenvalue weighted by atomic mass is 32.2. The van der Waals surface area contributed by atoms with Crippen molar-refractivity contribution in [3.8, 4) is 12.3 Å². The number of ether oxygens (including phenoxy) is 2. The summed E-state index contributed by atoms with van der Waals surface area (Å²) in [6.07, 6.45) is 3.48. The quantitative estimate of drug-likeness (QED) is 0.481. The van der Waals surface area contributed by atoms with Crippen LogP contribution in [0.25, 0.3) is 0 Å². The summed E-state index contributed by atoms with van der Waals surface area (Å²) in [6, 6.07) is 0. The lowest BCUT2D eigenvalue weighted by molar-refractivity contribution is -0.0350. The van der Waals surface area contributed by atoms with Gasteiger partial charge >= 0.3 is 11.8 Å². The van der Waals surface area contributed by atoms with Crippen LogP contribution in [0, 0.1) is 12.3 Å². The number of anilines is 1. The molecule has 0 unspecified atom stereocenters. The first kappa shape index (κ1) is 19.3. The molecule has 4 atom stereocenters. The Morgan fingerprint density at radius 2 is 2.28 bits per heavy atom. The average Bonchev–Trinajstić information content (AvgIpc) is 2.83. The molecule has 0 bridgehead atoms. The Kier molecular flexibility index (Phi) is 6.44. The first-order chi connectivity index (χ1) is 11.9. The van der Waals surface area contributed by atoms with Crippen molar-refractivity contribution >= 4 is 23.7 Å². The van der Waals surface area contributed by atoms with Crippen LogP contribution in [0.2, 0.25) is 0 Å². The summed E-state index contributed by atoms with van der Waals surface area (Å²) in [4.78, 5) is 27.6. The van der Waals surface area contributed by atoms with E-state index in [9.17, 15) is 19.8 Å². The van der Waals surface area contributed by atoms with Crippen LogP contribution >= 0.6 is 11.8 Å². The number of thioether (sulfide) groups is 1. The summed E-state index contributed by atoms with van der Waals surface area (Å²) in [5, 5.41) is 22.1. The van der Waals surface area contributed by atoms with Crippen LogP contribution < -0.4 is 11.0 Å². The van der Waals surface area contributed by atoms with Gasteiger partial charge in [0.15, 0.2) is 12.0 Å². The SMILES string of the molecule is C#Cc1cn([C@@H]2O[C@H](C)[C@@H](O)[C@H]2O)c(=O)nc1NC(=O)OCCSC. The van der Waals surface area contributed by atoms with Crippen molar-refractivity contribution in [1.29, 1.82) is 0 Å². The first-order valence-corrected chi connectivity index (χ1v) is 8.82. The van der Waals surface area contributed by atoms with Crippen molar-refractivity contribution < 1.29 is 24.5 Å². The number of carbonyl (C=O) groups excluding carboxylic acids is 1. The highest BCUT2D eigenvalue weighted by Gasteiger charge is 2.42. The molecular weight excluding hydrogens is 350 g/mol. The summed E-state index contributed by atoms with van der Waals surface area (Å²) in [6.45, 7) is 1.77. The Morgan fingerprint density at radius 3 is 2.84 bits per heavy atom. The summed E-state index contributed by atoms with van der Waals surface area (Å²) < 4.78 is 11.3. The zero-order valence-corrected chi connectivity index (χ0v) is 14.5. The molecule has 1 aromatic heterocycles. The molecule has 1 amide bonds. The summed E-state index contributed by atoms with van der Waals surface area (Å²) in [5.74, 6) is 2.80. The minimum Gasteiger partial charge on any atom is -0.448 e. The predicted molar refractivity (Wildman–Crippen MR) is 91.4 cm³/mol. The van der Waals surface area contributed by atoms with Crippen LogP contribution in [-0.2, 0) is 9.47 Å².